The second-order valence-corrected chi connectivity index (χ2v) is 5.14. The van der Waals surface area contributed by atoms with Crippen molar-refractivity contribution in [3.05, 3.63) is 28.0 Å². The van der Waals surface area contributed by atoms with Gasteiger partial charge in [-0.05, 0) is 12.5 Å². The lowest BCUT2D eigenvalue weighted by atomic mass is 10.2. The molecule has 8 heteroatoms. The van der Waals surface area contributed by atoms with Crippen molar-refractivity contribution in [1.29, 1.82) is 0 Å². The number of pyridine rings is 1. The Kier molecular flexibility index (Phi) is 7.42. The summed E-state index contributed by atoms with van der Waals surface area (Å²) in [6.07, 6.45) is 2.02. The highest BCUT2D eigenvalue weighted by molar-refractivity contribution is 6.35. The SMILES string of the molecule is COCCCNC(=O)CN(C)C(=O)c1cc(Cl)ncc1Cl. The molecule has 0 aliphatic heterocycles. The number of ether oxygens (including phenoxy) is 1. The second-order valence-electron chi connectivity index (χ2n) is 4.34. The van der Waals surface area contributed by atoms with Crippen molar-refractivity contribution in [3.8, 4) is 0 Å². The molecule has 0 spiro atoms. The van der Waals surface area contributed by atoms with E-state index in [4.69, 9.17) is 27.9 Å². The predicted octanol–water partition coefficient (Wildman–Crippen LogP) is 1.61. The number of halogens is 2. The van der Waals surface area contributed by atoms with Gasteiger partial charge in [-0.25, -0.2) is 4.98 Å². The van der Waals surface area contributed by atoms with E-state index in [0.29, 0.717) is 19.6 Å². The molecule has 0 unspecified atom stereocenters. The van der Waals surface area contributed by atoms with Crippen molar-refractivity contribution in [3.63, 3.8) is 0 Å². The number of nitrogens with zero attached hydrogens (tertiary/aromatic N) is 2. The molecule has 0 saturated heterocycles. The molecule has 6 nitrogen and oxygen atoms in total. The molecule has 0 aromatic carbocycles. The van der Waals surface area contributed by atoms with Crippen LogP contribution in [0.4, 0.5) is 0 Å². The minimum absolute atomic E-state index is 0.0674. The summed E-state index contributed by atoms with van der Waals surface area (Å²) in [7, 11) is 3.11. The Bertz CT molecular complexity index is 511. The smallest absolute Gasteiger partial charge is 0.255 e. The summed E-state index contributed by atoms with van der Waals surface area (Å²) in [4.78, 5) is 28.9. The fourth-order valence-electron chi connectivity index (χ4n) is 1.57. The molecule has 1 heterocycles. The van der Waals surface area contributed by atoms with E-state index >= 15 is 0 Å². The zero-order chi connectivity index (χ0) is 15.8. The first-order valence-corrected chi connectivity index (χ1v) is 7.03. The van der Waals surface area contributed by atoms with Crippen LogP contribution in [0.15, 0.2) is 12.3 Å². The van der Waals surface area contributed by atoms with Crippen molar-refractivity contribution in [2.45, 2.75) is 6.42 Å². The molecule has 1 aromatic heterocycles. The van der Waals surface area contributed by atoms with Crippen molar-refractivity contribution in [1.82, 2.24) is 15.2 Å². The molecule has 21 heavy (non-hydrogen) atoms. The van der Waals surface area contributed by atoms with Crippen LogP contribution in [0.2, 0.25) is 10.2 Å². The van der Waals surface area contributed by atoms with E-state index in [-0.39, 0.29) is 28.2 Å². The van der Waals surface area contributed by atoms with Crippen molar-refractivity contribution in [2.24, 2.45) is 0 Å². The first-order valence-electron chi connectivity index (χ1n) is 6.28. The summed E-state index contributed by atoms with van der Waals surface area (Å²) >= 11 is 11.6. The number of methoxy groups -OCH3 is 1. The Morgan fingerprint density at radius 3 is 2.81 bits per heavy atom. The summed E-state index contributed by atoms with van der Waals surface area (Å²) in [6, 6.07) is 1.37. The monoisotopic (exact) mass is 333 g/mol. The predicted molar refractivity (Wildman–Crippen MR) is 80.7 cm³/mol. The molecule has 2 amide bonds. The van der Waals surface area contributed by atoms with Crippen LogP contribution in [-0.4, -0.2) is 55.6 Å². The number of carbonyl (C=O) groups excluding carboxylic acids is 2. The summed E-state index contributed by atoms with van der Waals surface area (Å²) < 4.78 is 4.88. The highest BCUT2D eigenvalue weighted by Crippen LogP contribution is 2.19. The lowest BCUT2D eigenvalue weighted by Gasteiger charge is -2.17. The van der Waals surface area contributed by atoms with Gasteiger partial charge in [0.1, 0.15) is 5.15 Å². The molecule has 0 saturated carbocycles. The molecular formula is C13H17Cl2N3O3. The summed E-state index contributed by atoms with van der Waals surface area (Å²) in [5.74, 6) is -0.644. The number of hydrogen-bond donors (Lipinski definition) is 1. The molecule has 0 aliphatic rings. The zero-order valence-electron chi connectivity index (χ0n) is 11.9. The van der Waals surface area contributed by atoms with Gasteiger partial charge in [-0.3, -0.25) is 9.59 Å². The van der Waals surface area contributed by atoms with Gasteiger partial charge in [0.2, 0.25) is 5.91 Å². The number of likely N-dealkylation sites (N-methyl/N-ethyl adjacent to an activating group) is 1. The Labute approximate surface area is 133 Å². The average molecular weight is 334 g/mol. The van der Waals surface area contributed by atoms with Crippen LogP contribution in [0.1, 0.15) is 16.8 Å². The molecule has 116 valence electrons. The molecule has 0 fully saturated rings. The van der Waals surface area contributed by atoms with Gasteiger partial charge in [-0.15, -0.1) is 0 Å². The average Bonchev–Trinajstić information content (AvgIpc) is 2.45. The molecule has 0 bridgehead atoms. The maximum absolute atomic E-state index is 12.2. The highest BCUT2D eigenvalue weighted by atomic mass is 35.5. The van der Waals surface area contributed by atoms with Crippen LogP contribution in [-0.2, 0) is 9.53 Å². The third-order valence-electron chi connectivity index (χ3n) is 2.63. The van der Waals surface area contributed by atoms with Crippen molar-refractivity contribution >= 4 is 35.0 Å². The third kappa shape index (κ3) is 5.87. The van der Waals surface area contributed by atoms with Crippen LogP contribution >= 0.6 is 23.2 Å². The van der Waals surface area contributed by atoms with E-state index < -0.39 is 5.91 Å². The number of rotatable bonds is 7. The lowest BCUT2D eigenvalue weighted by molar-refractivity contribution is -0.121. The van der Waals surface area contributed by atoms with Gasteiger partial charge in [-0.1, -0.05) is 23.2 Å². The standard InChI is InChI=1S/C13H17Cl2N3O3/c1-18(8-12(19)16-4-3-5-21-2)13(20)9-6-11(15)17-7-10(9)14/h6-7H,3-5,8H2,1-2H3,(H,16,19). The van der Waals surface area contributed by atoms with Gasteiger partial charge in [0.15, 0.2) is 0 Å². The summed E-state index contributed by atoms with van der Waals surface area (Å²) in [5, 5.41) is 3.05. The number of hydrogen-bond acceptors (Lipinski definition) is 4. The van der Waals surface area contributed by atoms with Crippen LogP contribution < -0.4 is 5.32 Å². The van der Waals surface area contributed by atoms with Crippen molar-refractivity contribution in [2.75, 3.05) is 33.9 Å². The van der Waals surface area contributed by atoms with Crippen LogP contribution in [0.25, 0.3) is 0 Å². The number of carbonyl (C=O) groups is 2. The van der Waals surface area contributed by atoms with E-state index in [1.165, 1.54) is 24.2 Å². The molecule has 0 atom stereocenters. The van der Waals surface area contributed by atoms with Gasteiger partial charge in [0.25, 0.3) is 5.91 Å². The number of amides is 2. The maximum Gasteiger partial charge on any atom is 0.255 e. The molecule has 0 radical (unpaired) electrons. The minimum Gasteiger partial charge on any atom is -0.385 e. The Morgan fingerprint density at radius 2 is 2.14 bits per heavy atom. The molecular weight excluding hydrogens is 317 g/mol. The normalized spacial score (nSPS) is 10.3. The largest absolute Gasteiger partial charge is 0.385 e. The first kappa shape index (κ1) is 17.7. The number of aromatic nitrogens is 1. The van der Waals surface area contributed by atoms with Crippen LogP contribution in [0, 0.1) is 0 Å². The topological polar surface area (TPSA) is 71.5 Å². The van der Waals surface area contributed by atoms with Gasteiger partial charge < -0.3 is 15.0 Å². The quantitative estimate of drug-likeness (QED) is 0.607. The molecule has 1 aromatic rings. The molecule has 0 aliphatic carbocycles. The van der Waals surface area contributed by atoms with E-state index in [1.807, 2.05) is 0 Å². The summed E-state index contributed by atoms with van der Waals surface area (Å²) in [6.45, 7) is 0.999. The molecule has 1 rings (SSSR count). The third-order valence-corrected chi connectivity index (χ3v) is 3.14. The zero-order valence-corrected chi connectivity index (χ0v) is 13.4. The second kappa shape index (κ2) is 8.81. The van der Waals surface area contributed by atoms with Gasteiger partial charge in [0.05, 0.1) is 17.1 Å². The fraction of sp³-hybridized carbons (Fsp3) is 0.462. The first-order chi connectivity index (χ1) is 9.95. The Balaban J connectivity index is 2.54. The van der Waals surface area contributed by atoms with E-state index in [1.54, 1.807) is 7.11 Å². The van der Waals surface area contributed by atoms with Crippen molar-refractivity contribution < 1.29 is 14.3 Å². The van der Waals surface area contributed by atoms with Crippen LogP contribution in [0.3, 0.4) is 0 Å². The highest BCUT2D eigenvalue weighted by Gasteiger charge is 2.18. The minimum atomic E-state index is -0.392. The fourth-order valence-corrected chi connectivity index (χ4v) is 1.91. The Morgan fingerprint density at radius 1 is 1.43 bits per heavy atom. The van der Waals surface area contributed by atoms with Gasteiger partial charge in [0, 0.05) is 33.5 Å². The van der Waals surface area contributed by atoms with Gasteiger partial charge >= 0.3 is 0 Å². The lowest BCUT2D eigenvalue weighted by Crippen LogP contribution is -2.39. The van der Waals surface area contributed by atoms with E-state index in [0.717, 1.165) is 0 Å². The van der Waals surface area contributed by atoms with E-state index in [9.17, 15) is 9.59 Å². The van der Waals surface area contributed by atoms with Gasteiger partial charge in [-0.2, -0.15) is 0 Å². The van der Waals surface area contributed by atoms with Crippen LogP contribution in [0.5, 0.6) is 0 Å². The maximum atomic E-state index is 12.2. The van der Waals surface area contributed by atoms with E-state index in [2.05, 4.69) is 10.3 Å². The summed E-state index contributed by atoms with van der Waals surface area (Å²) in [5.41, 5.74) is 0.214. The number of nitrogens with one attached hydrogen (secondary N) is 1. The molecule has 1 N–H and O–H groups in total. The Hall–Kier alpha value is -1.37.